The maximum Gasteiger partial charge on any atom is 0.119 e. The van der Waals surface area contributed by atoms with Crippen LogP contribution in [0.1, 0.15) is 53.0 Å². The van der Waals surface area contributed by atoms with E-state index < -0.39 is 0 Å². The van der Waals surface area contributed by atoms with Gasteiger partial charge in [0.25, 0.3) is 0 Å². The summed E-state index contributed by atoms with van der Waals surface area (Å²) in [5, 5.41) is 0. The molecule has 112 valence electrons. The van der Waals surface area contributed by atoms with Crippen LogP contribution in [-0.4, -0.2) is 30.1 Å². The summed E-state index contributed by atoms with van der Waals surface area (Å²) in [6.45, 7) is 13.6. The van der Waals surface area contributed by atoms with Crippen LogP contribution in [-0.2, 0) is 5.41 Å². The highest BCUT2D eigenvalue weighted by Gasteiger charge is 2.22. The summed E-state index contributed by atoms with van der Waals surface area (Å²) in [5.74, 6) is 1.01. The Morgan fingerprint density at radius 3 is 2.05 bits per heavy atom. The summed E-state index contributed by atoms with van der Waals surface area (Å²) in [6, 6.07) is 9.28. The molecule has 1 aromatic carbocycles. The molecule has 0 bridgehead atoms. The van der Waals surface area contributed by atoms with Crippen LogP contribution in [0.15, 0.2) is 24.3 Å². The number of hydrogen-bond donors (Lipinski definition) is 0. The smallest absolute Gasteiger partial charge is 0.119 e. The van der Waals surface area contributed by atoms with Crippen molar-refractivity contribution in [3.05, 3.63) is 29.8 Å². The Bertz CT molecular complexity index is 408. The number of piperidine rings is 1. The molecule has 0 amide bonds. The van der Waals surface area contributed by atoms with Gasteiger partial charge in [-0.15, -0.1) is 0 Å². The molecular formula is C18H29NO. The molecule has 0 radical (unpaired) electrons. The van der Waals surface area contributed by atoms with Crippen molar-refractivity contribution in [3.8, 4) is 5.75 Å². The van der Waals surface area contributed by atoms with Crippen molar-refractivity contribution in [2.75, 3.05) is 13.1 Å². The van der Waals surface area contributed by atoms with Crippen molar-refractivity contribution < 1.29 is 4.74 Å². The van der Waals surface area contributed by atoms with E-state index in [-0.39, 0.29) is 5.41 Å². The molecule has 2 heteroatoms. The average Bonchev–Trinajstić information content (AvgIpc) is 2.39. The standard InChI is InChI=1S/C18H29NO/c1-14(2)19-12-10-17(11-13-19)20-16-8-6-15(7-9-16)18(3,4)5/h6-9,14,17H,10-13H2,1-5H3. The second-order valence-corrected chi connectivity index (χ2v) is 7.22. The molecule has 1 fully saturated rings. The van der Waals surface area contributed by atoms with E-state index in [1.807, 2.05) is 0 Å². The van der Waals surface area contributed by atoms with Crippen molar-refractivity contribution in [2.45, 2.75) is 65.0 Å². The highest BCUT2D eigenvalue weighted by atomic mass is 16.5. The topological polar surface area (TPSA) is 12.5 Å². The Labute approximate surface area is 124 Å². The lowest BCUT2D eigenvalue weighted by Gasteiger charge is -2.34. The van der Waals surface area contributed by atoms with E-state index in [1.165, 1.54) is 5.56 Å². The predicted molar refractivity (Wildman–Crippen MR) is 85.5 cm³/mol. The summed E-state index contributed by atoms with van der Waals surface area (Å²) in [7, 11) is 0. The molecule has 0 unspecified atom stereocenters. The third-order valence-corrected chi connectivity index (χ3v) is 4.23. The zero-order valence-electron chi connectivity index (χ0n) is 13.6. The number of hydrogen-bond acceptors (Lipinski definition) is 2. The van der Waals surface area contributed by atoms with Gasteiger partial charge in [0.15, 0.2) is 0 Å². The molecule has 0 saturated carbocycles. The van der Waals surface area contributed by atoms with E-state index >= 15 is 0 Å². The summed E-state index contributed by atoms with van der Waals surface area (Å²) < 4.78 is 6.12. The Morgan fingerprint density at radius 1 is 1.05 bits per heavy atom. The normalized spacial score (nSPS) is 18.5. The first-order valence-corrected chi connectivity index (χ1v) is 7.87. The Morgan fingerprint density at radius 2 is 1.60 bits per heavy atom. The Balaban J connectivity index is 1.89. The van der Waals surface area contributed by atoms with Gasteiger partial charge >= 0.3 is 0 Å². The molecule has 0 aromatic heterocycles. The van der Waals surface area contributed by atoms with E-state index in [4.69, 9.17) is 4.74 Å². The molecule has 1 aromatic rings. The molecular weight excluding hydrogens is 246 g/mol. The highest BCUT2D eigenvalue weighted by Crippen LogP contribution is 2.26. The van der Waals surface area contributed by atoms with Gasteiger partial charge in [-0.2, -0.15) is 0 Å². The second-order valence-electron chi connectivity index (χ2n) is 7.22. The molecule has 1 heterocycles. The molecule has 0 N–H and O–H groups in total. The second kappa shape index (κ2) is 6.17. The predicted octanol–water partition coefficient (Wildman–Crippen LogP) is 4.24. The third kappa shape index (κ3) is 3.99. The molecule has 1 aliphatic heterocycles. The van der Waals surface area contributed by atoms with Crippen LogP contribution in [0.3, 0.4) is 0 Å². The lowest BCUT2D eigenvalue weighted by molar-refractivity contribution is 0.0843. The van der Waals surface area contributed by atoms with E-state index in [9.17, 15) is 0 Å². The molecule has 2 rings (SSSR count). The third-order valence-electron chi connectivity index (χ3n) is 4.23. The van der Waals surface area contributed by atoms with Gasteiger partial charge in [-0.25, -0.2) is 0 Å². The van der Waals surface area contributed by atoms with Crippen LogP contribution in [0.4, 0.5) is 0 Å². The number of likely N-dealkylation sites (tertiary alicyclic amines) is 1. The Kier molecular flexibility index (Phi) is 4.74. The van der Waals surface area contributed by atoms with E-state index in [0.29, 0.717) is 12.1 Å². The van der Waals surface area contributed by atoms with Crippen LogP contribution >= 0.6 is 0 Å². The first-order chi connectivity index (χ1) is 9.36. The van der Waals surface area contributed by atoms with Crippen LogP contribution in [0.5, 0.6) is 5.75 Å². The molecule has 0 atom stereocenters. The first kappa shape index (κ1) is 15.4. The largest absolute Gasteiger partial charge is 0.490 e. The van der Waals surface area contributed by atoms with Crippen LogP contribution < -0.4 is 4.74 Å². The van der Waals surface area contributed by atoms with E-state index in [2.05, 4.69) is 63.8 Å². The number of benzene rings is 1. The van der Waals surface area contributed by atoms with Crippen molar-refractivity contribution in [3.63, 3.8) is 0 Å². The summed E-state index contributed by atoms with van der Waals surface area (Å²) in [6.07, 6.45) is 2.66. The van der Waals surface area contributed by atoms with Gasteiger partial charge < -0.3 is 9.64 Å². The van der Waals surface area contributed by atoms with Crippen LogP contribution in [0, 0.1) is 0 Å². The highest BCUT2D eigenvalue weighted by molar-refractivity contribution is 5.31. The maximum atomic E-state index is 6.12. The van der Waals surface area contributed by atoms with Gasteiger partial charge in [-0.3, -0.25) is 0 Å². The minimum Gasteiger partial charge on any atom is -0.490 e. The lowest BCUT2D eigenvalue weighted by atomic mass is 9.87. The van der Waals surface area contributed by atoms with Gasteiger partial charge in [0.2, 0.25) is 0 Å². The van der Waals surface area contributed by atoms with Gasteiger partial charge in [0, 0.05) is 19.1 Å². The summed E-state index contributed by atoms with van der Waals surface area (Å²) in [5.41, 5.74) is 1.57. The van der Waals surface area contributed by atoms with Crippen LogP contribution in [0.25, 0.3) is 0 Å². The quantitative estimate of drug-likeness (QED) is 0.818. The zero-order valence-corrected chi connectivity index (χ0v) is 13.6. The molecule has 2 nitrogen and oxygen atoms in total. The number of ether oxygens (including phenoxy) is 1. The van der Waals surface area contributed by atoms with Crippen molar-refractivity contribution in [1.82, 2.24) is 4.90 Å². The summed E-state index contributed by atoms with van der Waals surface area (Å²) in [4.78, 5) is 2.53. The van der Waals surface area contributed by atoms with Gasteiger partial charge in [0.05, 0.1) is 0 Å². The van der Waals surface area contributed by atoms with Crippen molar-refractivity contribution in [2.24, 2.45) is 0 Å². The minimum absolute atomic E-state index is 0.209. The fourth-order valence-corrected chi connectivity index (χ4v) is 2.74. The lowest BCUT2D eigenvalue weighted by Crippen LogP contribution is -2.41. The van der Waals surface area contributed by atoms with E-state index in [0.717, 1.165) is 31.7 Å². The van der Waals surface area contributed by atoms with Crippen LogP contribution in [0.2, 0.25) is 0 Å². The van der Waals surface area contributed by atoms with Crippen molar-refractivity contribution in [1.29, 1.82) is 0 Å². The van der Waals surface area contributed by atoms with E-state index in [1.54, 1.807) is 0 Å². The van der Waals surface area contributed by atoms with Gasteiger partial charge in [-0.05, 0) is 49.8 Å². The fourth-order valence-electron chi connectivity index (χ4n) is 2.74. The minimum atomic E-state index is 0.209. The zero-order chi connectivity index (χ0) is 14.8. The Hall–Kier alpha value is -1.02. The molecule has 1 aliphatic rings. The SMILES string of the molecule is CC(C)N1CCC(Oc2ccc(C(C)(C)C)cc2)CC1. The molecule has 0 aliphatic carbocycles. The molecule has 1 saturated heterocycles. The first-order valence-electron chi connectivity index (χ1n) is 7.87. The maximum absolute atomic E-state index is 6.12. The molecule has 20 heavy (non-hydrogen) atoms. The van der Waals surface area contributed by atoms with Crippen molar-refractivity contribution >= 4 is 0 Å². The fraction of sp³-hybridized carbons (Fsp3) is 0.667. The van der Waals surface area contributed by atoms with Gasteiger partial charge in [0.1, 0.15) is 11.9 Å². The monoisotopic (exact) mass is 275 g/mol. The van der Waals surface area contributed by atoms with Gasteiger partial charge in [-0.1, -0.05) is 32.9 Å². The number of nitrogens with zero attached hydrogens (tertiary/aromatic N) is 1. The summed E-state index contributed by atoms with van der Waals surface area (Å²) >= 11 is 0. The molecule has 0 spiro atoms. The number of rotatable bonds is 3. The average molecular weight is 275 g/mol.